The van der Waals surface area contributed by atoms with Gasteiger partial charge >= 0.3 is 0 Å². The molecular weight excluding hydrogens is 246 g/mol. The second-order valence-electron chi connectivity index (χ2n) is 7.78. The monoisotopic (exact) mass is 283 g/mol. The van der Waals surface area contributed by atoms with Gasteiger partial charge in [-0.05, 0) is 58.2 Å². The molecule has 2 N–H and O–H groups in total. The van der Waals surface area contributed by atoms with Crippen molar-refractivity contribution in [1.29, 1.82) is 0 Å². The zero-order valence-electron chi connectivity index (χ0n) is 14.7. The Labute approximate surface area is 126 Å². The first-order valence-electron chi connectivity index (χ1n) is 8.42. The van der Waals surface area contributed by atoms with E-state index in [0.29, 0.717) is 17.9 Å². The number of nitrogens with two attached hydrogens (primary N) is 1. The second-order valence-corrected chi connectivity index (χ2v) is 7.78. The molecule has 1 fully saturated rings. The molecule has 1 atom stereocenters. The van der Waals surface area contributed by atoms with Crippen LogP contribution < -0.4 is 5.73 Å². The number of hydrogen-bond acceptors (Lipinski definition) is 3. The third-order valence-corrected chi connectivity index (χ3v) is 4.92. The van der Waals surface area contributed by atoms with Crippen molar-refractivity contribution in [3.05, 3.63) is 0 Å². The van der Waals surface area contributed by atoms with Crippen LogP contribution in [-0.2, 0) is 0 Å². The van der Waals surface area contributed by atoms with Crippen LogP contribution in [0.3, 0.4) is 0 Å². The molecule has 0 amide bonds. The fourth-order valence-electron chi connectivity index (χ4n) is 3.96. The van der Waals surface area contributed by atoms with Gasteiger partial charge in [0.2, 0.25) is 0 Å². The van der Waals surface area contributed by atoms with E-state index in [1.165, 1.54) is 32.2 Å². The smallest absolute Gasteiger partial charge is 0.0334 e. The highest BCUT2D eigenvalue weighted by Crippen LogP contribution is 2.31. The first-order valence-corrected chi connectivity index (χ1v) is 8.42. The van der Waals surface area contributed by atoms with Gasteiger partial charge in [-0.2, -0.15) is 0 Å². The Morgan fingerprint density at radius 3 is 2.10 bits per heavy atom. The Kier molecular flexibility index (Phi) is 6.96. The summed E-state index contributed by atoms with van der Waals surface area (Å²) in [5.41, 5.74) is 6.43. The molecule has 0 bridgehead atoms. The van der Waals surface area contributed by atoms with Gasteiger partial charge in [-0.15, -0.1) is 0 Å². The molecule has 1 rings (SSSR count). The predicted molar refractivity (Wildman–Crippen MR) is 89.0 cm³/mol. The first kappa shape index (κ1) is 17.9. The number of rotatable bonds is 8. The van der Waals surface area contributed by atoms with E-state index < -0.39 is 0 Å². The summed E-state index contributed by atoms with van der Waals surface area (Å²) < 4.78 is 0. The molecule has 1 aliphatic heterocycles. The van der Waals surface area contributed by atoms with Crippen molar-refractivity contribution in [2.75, 3.05) is 33.7 Å². The molecule has 0 aromatic carbocycles. The third kappa shape index (κ3) is 4.71. The predicted octanol–water partition coefficient (Wildman–Crippen LogP) is 2.80. The minimum absolute atomic E-state index is 0.172. The van der Waals surface area contributed by atoms with E-state index in [1.807, 2.05) is 0 Å². The van der Waals surface area contributed by atoms with Crippen LogP contribution in [0.4, 0.5) is 0 Å². The van der Waals surface area contributed by atoms with E-state index in [-0.39, 0.29) is 5.54 Å². The van der Waals surface area contributed by atoms with E-state index in [1.54, 1.807) is 0 Å². The van der Waals surface area contributed by atoms with E-state index in [4.69, 9.17) is 5.73 Å². The van der Waals surface area contributed by atoms with Crippen molar-refractivity contribution in [2.45, 2.75) is 65.0 Å². The molecule has 0 aliphatic carbocycles. The molecule has 1 aliphatic rings. The SMILES string of the molecule is CC(C)CC(CN)(CC(C)C)N(C)CC1CCCN1C. The Bertz CT molecular complexity index is 265. The molecule has 20 heavy (non-hydrogen) atoms. The van der Waals surface area contributed by atoms with Crippen LogP contribution in [0, 0.1) is 11.8 Å². The maximum absolute atomic E-state index is 6.26. The normalized spacial score (nSPS) is 21.6. The molecule has 3 heteroatoms. The van der Waals surface area contributed by atoms with E-state index >= 15 is 0 Å². The van der Waals surface area contributed by atoms with E-state index in [2.05, 4.69) is 51.6 Å². The van der Waals surface area contributed by atoms with Gasteiger partial charge in [-0.25, -0.2) is 0 Å². The highest BCUT2D eigenvalue weighted by Gasteiger charge is 2.36. The molecule has 1 unspecified atom stereocenters. The first-order chi connectivity index (χ1) is 9.30. The average molecular weight is 284 g/mol. The molecule has 1 saturated heterocycles. The number of hydrogen-bond donors (Lipinski definition) is 1. The Hall–Kier alpha value is -0.120. The fraction of sp³-hybridized carbons (Fsp3) is 1.00. The lowest BCUT2D eigenvalue weighted by Crippen LogP contribution is -2.56. The Morgan fingerprint density at radius 2 is 1.75 bits per heavy atom. The van der Waals surface area contributed by atoms with Crippen LogP contribution in [0.25, 0.3) is 0 Å². The minimum Gasteiger partial charge on any atom is -0.329 e. The highest BCUT2D eigenvalue weighted by molar-refractivity contribution is 4.94. The lowest BCUT2D eigenvalue weighted by molar-refractivity contribution is 0.0582. The molecule has 0 aromatic rings. The third-order valence-electron chi connectivity index (χ3n) is 4.92. The van der Waals surface area contributed by atoms with Crippen LogP contribution in [0.15, 0.2) is 0 Å². The summed E-state index contributed by atoms with van der Waals surface area (Å²) in [5, 5.41) is 0. The molecule has 0 aromatic heterocycles. The van der Waals surface area contributed by atoms with Crippen molar-refractivity contribution in [2.24, 2.45) is 17.6 Å². The summed E-state index contributed by atoms with van der Waals surface area (Å²) in [6.45, 7) is 12.5. The summed E-state index contributed by atoms with van der Waals surface area (Å²) >= 11 is 0. The zero-order chi connectivity index (χ0) is 15.3. The largest absolute Gasteiger partial charge is 0.329 e. The van der Waals surface area contributed by atoms with Gasteiger partial charge in [0.15, 0.2) is 0 Å². The fourth-order valence-corrected chi connectivity index (χ4v) is 3.96. The van der Waals surface area contributed by atoms with E-state index in [9.17, 15) is 0 Å². The molecule has 0 saturated carbocycles. The summed E-state index contributed by atoms with van der Waals surface area (Å²) in [5.74, 6) is 1.39. The maximum Gasteiger partial charge on any atom is 0.0334 e. The summed E-state index contributed by atoms with van der Waals surface area (Å²) in [6, 6.07) is 0.713. The molecule has 120 valence electrons. The van der Waals surface area contributed by atoms with E-state index in [0.717, 1.165) is 13.1 Å². The summed E-state index contributed by atoms with van der Waals surface area (Å²) in [7, 11) is 4.56. The average Bonchev–Trinajstić information content (AvgIpc) is 2.72. The van der Waals surface area contributed by atoms with Gasteiger partial charge in [0.25, 0.3) is 0 Å². The van der Waals surface area contributed by atoms with Crippen molar-refractivity contribution < 1.29 is 0 Å². The lowest BCUT2D eigenvalue weighted by Gasteiger charge is -2.45. The Balaban J connectivity index is 2.78. The number of likely N-dealkylation sites (N-methyl/N-ethyl adjacent to an activating group) is 2. The van der Waals surface area contributed by atoms with Crippen LogP contribution in [-0.4, -0.2) is 55.1 Å². The van der Waals surface area contributed by atoms with Crippen molar-refractivity contribution in [3.63, 3.8) is 0 Å². The van der Waals surface area contributed by atoms with Crippen LogP contribution >= 0.6 is 0 Å². The summed E-state index contributed by atoms with van der Waals surface area (Å²) in [4.78, 5) is 5.10. The zero-order valence-corrected chi connectivity index (χ0v) is 14.7. The van der Waals surface area contributed by atoms with Crippen LogP contribution in [0.5, 0.6) is 0 Å². The summed E-state index contributed by atoms with van der Waals surface area (Å²) in [6.07, 6.45) is 5.09. The second kappa shape index (κ2) is 7.77. The van der Waals surface area contributed by atoms with Gasteiger partial charge in [-0.1, -0.05) is 27.7 Å². The molecule has 0 radical (unpaired) electrons. The standard InChI is InChI=1S/C17H37N3/c1-14(2)10-17(13-18,11-15(3)4)20(6)12-16-8-7-9-19(16)5/h14-16H,7-13,18H2,1-6H3. The van der Waals surface area contributed by atoms with Crippen molar-refractivity contribution in [3.8, 4) is 0 Å². The molecular formula is C17H37N3. The molecule has 1 heterocycles. The quantitative estimate of drug-likeness (QED) is 0.743. The maximum atomic E-state index is 6.26. The lowest BCUT2D eigenvalue weighted by atomic mass is 9.80. The molecule has 0 spiro atoms. The minimum atomic E-state index is 0.172. The van der Waals surface area contributed by atoms with Gasteiger partial charge in [0.05, 0.1) is 0 Å². The molecule has 3 nitrogen and oxygen atoms in total. The number of likely N-dealkylation sites (tertiary alicyclic amines) is 1. The van der Waals surface area contributed by atoms with Gasteiger partial charge < -0.3 is 10.6 Å². The Morgan fingerprint density at radius 1 is 1.20 bits per heavy atom. The van der Waals surface area contributed by atoms with Crippen LogP contribution in [0.2, 0.25) is 0 Å². The topological polar surface area (TPSA) is 32.5 Å². The van der Waals surface area contributed by atoms with Gasteiger partial charge in [-0.3, -0.25) is 4.90 Å². The van der Waals surface area contributed by atoms with Gasteiger partial charge in [0, 0.05) is 24.7 Å². The van der Waals surface area contributed by atoms with Gasteiger partial charge in [0.1, 0.15) is 0 Å². The van der Waals surface area contributed by atoms with Crippen LogP contribution in [0.1, 0.15) is 53.4 Å². The van der Waals surface area contributed by atoms with Crippen molar-refractivity contribution in [1.82, 2.24) is 9.80 Å². The van der Waals surface area contributed by atoms with Crippen molar-refractivity contribution >= 4 is 0 Å². The highest BCUT2D eigenvalue weighted by atomic mass is 15.2. The number of nitrogens with zero attached hydrogens (tertiary/aromatic N) is 2.